The Morgan fingerprint density at radius 3 is 2.74 bits per heavy atom. The topological polar surface area (TPSA) is 38.8 Å². The summed E-state index contributed by atoms with van der Waals surface area (Å²) in [5.74, 6) is -0.817. The summed E-state index contributed by atoms with van der Waals surface area (Å²) >= 11 is 3.16. The van der Waals surface area contributed by atoms with E-state index in [2.05, 4.69) is 20.7 Å². The highest BCUT2D eigenvalue weighted by Crippen LogP contribution is 2.35. The van der Waals surface area contributed by atoms with Crippen molar-refractivity contribution in [1.82, 2.24) is 0 Å². The summed E-state index contributed by atoms with van der Waals surface area (Å²) in [6, 6.07) is 3.98. The van der Waals surface area contributed by atoms with Crippen molar-refractivity contribution in [2.24, 2.45) is 0 Å². The summed E-state index contributed by atoms with van der Waals surface area (Å²) in [5.41, 5.74) is 0.0694. The molecule has 1 aromatic carbocycles. The maximum Gasteiger partial charge on any atom is 0.573 e. The van der Waals surface area contributed by atoms with Gasteiger partial charge in [0, 0.05) is 11.0 Å². The van der Waals surface area contributed by atoms with E-state index in [1.807, 2.05) is 0 Å². The van der Waals surface area contributed by atoms with Crippen LogP contribution in [0.5, 0.6) is 5.75 Å². The Morgan fingerprint density at radius 2 is 2.11 bits per heavy atom. The minimum atomic E-state index is -4.81. The van der Waals surface area contributed by atoms with Gasteiger partial charge in [-0.1, -0.05) is 15.9 Å². The molecule has 0 spiro atoms. The zero-order valence-corrected chi connectivity index (χ0v) is 11.1. The van der Waals surface area contributed by atoms with E-state index in [-0.39, 0.29) is 25.4 Å². The lowest BCUT2D eigenvalue weighted by Gasteiger charge is -2.28. The lowest BCUT2D eigenvalue weighted by atomic mass is 10.2. The summed E-state index contributed by atoms with van der Waals surface area (Å²) < 4.78 is 46.4. The number of alkyl halides is 3. The third-order valence-electron chi connectivity index (χ3n) is 2.42. The van der Waals surface area contributed by atoms with Gasteiger partial charge in [-0.2, -0.15) is 0 Å². The maximum absolute atomic E-state index is 12.3. The summed E-state index contributed by atoms with van der Waals surface area (Å²) in [6.07, 6.45) is -4.81. The van der Waals surface area contributed by atoms with Crippen molar-refractivity contribution in [3.8, 4) is 5.75 Å². The first-order valence-corrected chi connectivity index (χ1v) is 6.09. The van der Waals surface area contributed by atoms with E-state index < -0.39 is 18.0 Å². The number of benzene rings is 1. The minimum Gasteiger partial charge on any atom is -0.404 e. The normalized spacial score (nSPS) is 16.6. The van der Waals surface area contributed by atoms with Gasteiger partial charge in [-0.25, -0.2) is 0 Å². The van der Waals surface area contributed by atoms with E-state index in [0.29, 0.717) is 4.47 Å². The van der Waals surface area contributed by atoms with Crippen LogP contribution in [0.3, 0.4) is 0 Å². The van der Waals surface area contributed by atoms with Gasteiger partial charge in [-0.15, -0.1) is 13.2 Å². The third kappa shape index (κ3) is 3.60. The van der Waals surface area contributed by atoms with Crippen LogP contribution in [0.1, 0.15) is 0 Å². The second-order valence-corrected chi connectivity index (χ2v) is 4.67. The lowest BCUT2D eigenvalue weighted by Crippen LogP contribution is -2.42. The first kappa shape index (κ1) is 14.1. The van der Waals surface area contributed by atoms with Crippen molar-refractivity contribution >= 4 is 27.5 Å². The largest absolute Gasteiger partial charge is 0.573 e. The SMILES string of the molecule is O=C1COCCN1c1cc(Br)ccc1OC(F)(F)F. The molecule has 2 rings (SSSR count). The first-order valence-electron chi connectivity index (χ1n) is 5.30. The highest BCUT2D eigenvalue weighted by molar-refractivity contribution is 9.10. The molecule has 19 heavy (non-hydrogen) atoms. The Balaban J connectivity index is 2.36. The molecule has 0 aromatic heterocycles. The number of ether oxygens (including phenoxy) is 2. The van der Waals surface area contributed by atoms with Crippen LogP contribution in [0.15, 0.2) is 22.7 Å². The van der Waals surface area contributed by atoms with Crippen LogP contribution in [0, 0.1) is 0 Å². The van der Waals surface area contributed by atoms with Gasteiger partial charge in [0.25, 0.3) is 5.91 Å². The Kier molecular flexibility index (Phi) is 4.00. The smallest absolute Gasteiger partial charge is 0.404 e. The number of morpholine rings is 1. The van der Waals surface area contributed by atoms with Crippen molar-refractivity contribution < 1.29 is 27.4 Å². The molecule has 0 radical (unpaired) electrons. The molecule has 0 aliphatic carbocycles. The molecule has 0 unspecified atom stereocenters. The molecule has 0 saturated carbocycles. The fourth-order valence-corrected chi connectivity index (χ4v) is 2.03. The quantitative estimate of drug-likeness (QED) is 0.831. The van der Waals surface area contributed by atoms with Crippen molar-refractivity contribution in [3.63, 3.8) is 0 Å². The maximum atomic E-state index is 12.3. The number of halogens is 4. The molecule has 1 aliphatic rings. The van der Waals surface area contributed by atoms with Gasteiger partial charge in [-0.05, 0) is 18.2 Å². The average Bonchev–Trinajstić information content (AvgIpc) is 2.31. The van der Waals surface area contributed by atoms with Crippen LogP contribution in [0.25, 0.3) is 0 Å². The van der Waals surface area contributed by atoms with Gasteiger partial charge in [0.2, 0.25) is 0 Å². The van der Waals surface area contributed by atoms with E-state index in [1.54, 1.807) is 0 Å². The van der Waals surface area contributed by atoms with Gasteiger partial charge in [-0.3, -0.25) is 4.79 Å². The molecule has 1 heterocycles. The molecule has 0 bridgehead atoms. The summed E-state index contributed by atoms with van der Waals surface area (Å²) in [6.45, 7) is 0.297. The molecule has 0 atom stereocenters. The molecule has 1 aliphatic heterocycles. The number of rotatable bonds is 2. The number of anilines is 1. The summed E-state index contributed by atoms with van der Waals surface area (Å²) in [7, 11) is 0. The van der Waals surface area contributed by atoms with Gasteiger partial charge in [0.1, 0.15) is 6.61 Å². The Hall–Kier alpha value is -1.28. The van der Waals surface area contributed by atoms with Crippen LogP contribution in [-0.2, 0) is 9.53 Å². The van der Waals surface area contributed by atoms with Crippen LogP contribution in [0.2, 0.25) is 0 Å². The van der Waals surface area contributed by atoms with Crippen LogP contribution in [-0.4, -0.2) is 32.0 Å². The molecule has 1 aromatic rings. The molecule has 4 nitrogen and oxygen atoms in total. The molecule has 104 valence electrons. The van der Waals surface area contributed by atoms with Crippen LogP contribution < -0.4 is 9.64 Å². The van der Waals surface area contributed by atoms with Gasteiger partial charge < -0.3 is 14.4 Å². The molecule has 1 fully saturated rings. The second-order valence-electron chi connectivity index (χ2n) is 3.76. The minimum absolute atomic E-state index is 0.0694. The highest BCUT2D eigenvalue weighted by Gasteiger charge is 2.34. The van der Waals surface area contributed by atoms with Crippen LogP contribution >= 0.6 is 15.9 Å². The molecule has 1 amide bonds. The summed E-state index contributed by atoms with van der Waals surface area (Å²) in [5, 5.41) is 0. The molecule has 1 saturated heterocycles. The van der Waals surface area contributed by atoms with Crippen molar-refractivity contribution in [3.05, 3.63) is 22.7 Å². The van der Waals surface area contributed by atoms with Gasteiger partial charge >= 0.3 is 6.36 Å². The molecular weight excluding hydrogens is 331 g/mol. The fraction of sp³-hybridized carbons (Fsp3) is 0.364. The van der Waals surface area contributed by atoms with Crippen molar-refractivity contribution in [2.45, 2.75) is 6.36 Å². The Labute approximate surface area is 115 Å². The standard InChI is InChI=1S/C11H9BrF3NO3/c12-7-1-2-9(19-11(13,14)15)8(5-7)16-3-4-18-6-10(16)17/h1-2,5H,3-4,6H2. The van der Waals surface area contributed by atoms with Crippen molar-refractivity contribution in [1.29, 1.82) is 0 Å². The monoisotopic (exact) mass is 339 g/mol. The molecular formula is C11H9BrF3NO3. The summed E-state index contributed by atoms with van der Waals surface area (Å²) in [4.78, 5) is 12.9. The number of carbonyl (C=O) groups excluding carboxylic acids is 1. The predicted molar refractivity (Wildman–Crippen MR) is 64.0 cm³/mol. The Morgan fingerprint density at radius 1 is 1.37 bits per heavy atom. The van der Waals surface area contributed by atoms with Gasteiger partial charge in [0.05, 0.1) is 12.3 Å². The van der Waals surface area contributed by atoms with E-state index in [4.69, 9.17) is 4.74 Å². The predicted octanol–water partition coefficient (Wildman–Crippen LogP) is 2.71. The van der Waals surface area contributed by atoms with Crippen molar-refractivity contribution in [2.75, 3.05) is 24.7 Å². The number of hydrogen-bond donors (Lipinski definition) is 0. The van der Waals surface area contributed by atoms with E-state index in [1.165, 1.54) is 17.0 Å². The number of amides is 1. The first-order chi connectivity index (χ1) is 8.87. The highest BCUT2D eigenvalue weighted by atomic mass is 79.9. The number of carbonyl (C=O) groups is 1. The number of nitrogens with zero attached hydrogens (tertiary/aromatic N) is 1. The fourth-order valence-electron chi connectivity index (χ4n) is 1.69. The van der Waals surface area contributed by atoms with Crippen LogP contribution in [0.4, 0.5) is 18.9 Å². The van der Waals surface area contributed by atoms with E-state index >= 15 is 0 Å². The average molecular weight is 340 g/mol. The van der Waals surface area contributed by atoms with Gasteiger partial charge in [0.15, 0.2) is 5.75 Å². The zero-order valence-electron chi connectivity index (χ0n) is 9.54. The van der Waals surface area contributed by atoms with E-state index in [9.17, 15) is 18.0 Å². The zero-order chi connectivity index (χ0) is 14.0. The lowest BCUT2D eigenvalue weighted by molar-refractivity contribution is -0.274. The third-order valence-corrected chi connectivity index (χ3v) is 2.92. The number of hydrogen-bond acceptors (Lipinski definition) is 3. The van der Waals surface area contributed by atoms with E-state index in [0.717, 1.165) is 6.07 Å². The second kappa shape index (κ2) is 5.38. The Bertz CT molecular complexity index is 493. The molecule has 8 heteroatoms. The molecule has 0 N–H and O–H groups in total.